The van der Waals surface area contributed by atoms with Crippen molar-refractivity contribution in [1.29, 1.82) is 0 Å². The molecular formula is C17H24N4O2. The Balaban J connectivity index is 1.61. The van der Waals surface area contributed by atoms with Gasteiger partial charge in [-0.25, -0.2) is 4.99 Å². The molecule has 2 aliphatic rings. The van der Waals surface area contributed by atoms with E-state index in [0.717, 1.165) is 30.9 Å². The molecule has 2 bridgehead atoms. The zero-order valence-corrected chi connectivity index (χ0v) is 13.4. The predicted octanol–water partition coefficient (Wildman–Crippen LogP) is 1.16. The van der Waals surface area contributed by atoms with Crippen molar-refractivity contribution in [2.24, 2.45) is 10.7 Å². The Morgan fingerprint density at radius 2 is 2.13 bits per heavy atom. The van der Waals surface area contributed by atoms with E-state index in [-0.39, 0.29) is 0 Å². The monoisotopic (exact) mass is 316 g/mol. The number of guanidine groups is 1. The zero-order chi connectivity index (χ0) is 16.2. The Bertz CT molecular complexity index is 585. The number of carbonyl (C=O) groups excluding carboxylic acids is 1. The van der Waals surface area contributed by atoms with Gasteiger partial charge in [-0.1, -0.05) is 12.1 Å². The maximum absolute atomic E-state index is 11.1. The summed E-state index contributed by atoms with van der Waals surface area (Å²) >= 11 is 0. The number of carbonyl (C=O) groups is 1. The van der Waals surface area contributed by atoms with Crippen molar-refractivity contribution >= 4 is 11.9 Å². The molecule has 3 unspecified atom stereocenters. The minimum Gasteiger partial charge on any atom is -0.373 e. The summed E-state index contributed by atoms with van der Waals surface area (Å²) in [5, 5.41) is 6.77. The van der Waals surface area contributed by atoms with Gasteiger partial charge in [0.15, 0.2) is 5.96 Å². The highest BCUT2D eigenvalue weighted by Crippen LogP contribution is 2.34. The molecule has 0 spiro atoms. The number of nitrogens with one attached hydrogen (secondary N) is 2. The quantitative estimate of drug-likeness (QED) is 0.562. The zero-order valence-electron chi connectivity index (χ0n) is 13.4. The lowest BCUT2D eigenvalue weighted by Gasteiger charge is -2.22. The number of fused-ring (bicyclic) bond motifs is 2. The second kappa shape index (κ2) is 7.00. The van der Waals surface area contributed by atoms with Crippen LogP contribution < -0.4 is 16.4 Å². The van der Waals surface area contributed by atoms with Gasteiger partial charge in [-0.05, 0) is 43.9 Å². The van der Waals surface area contributed by atoms with Crippen molar-refractivity contribution in [3.63, 3.8) is 0 Å². The van der Waals surface area contributed by atoms with Gasteiger partial charge in [-0.2, -0.15) is 0 Å². The van der Waals surface area contributed by atoms with E-state index in [9.17, 15) is 4.79 Å². The van der Waals surface area contributed by atoms with Gasteiger partial charge in [0.05, 0.1) is 24.8 Å². The van der Waals surface area contributed by atoms with Crippen molar-refractivity contribution in [3.05, 3.63) is 35.4 Å². The Kier molecular flexibility index (Phi) is 4.81. The van der Waals surface area contributed by atoms with Crippen molar-refractivity contribution in [1.82, 2.24) is 10.6 Å². The van der Waals surface area contributed by atoms with Crippen LogP contribution in [0.25, 0.3) is 0 Å². The summed E-state index contributed by atoms with van der Waals surface area (Å²) in [7, 11) is 0. The lowest BCUT2D eigenvalue weighted by atomic mass is 9.96. The summed E-state index contributed by atoms with van der Waals surface area (Å²) in [5.41, 5.74) is 6.80. The van der Waals surface area contributed by atoms with Gasteiger partial charge in [-0.15, -0.1) is 0 Å². The van der Waals surface area contributed by atoms with Crippen LogP contribution in [0.5, 0.6) is 0 Å². The molecule has 2 saturated heterocycles. The molecule has 2 aliphatic heterocycles. The summed E-state index contributed by atoms with van der Waals surface area (Å²) < 4.78 is 5.87. The highest BCUT2D eigenvalue weighted by atomic mass is 16.5. The van der Waals surface area contributed by atoms with Crippen LogP contribution in [0.1, 0.15) is 42.1 Å². The fourth-order valence-electron chi connectivity index (χ4n) is 3.23. The summed E-state index contributed by atoms with van der Waals surface area (Å²) in [5.74, 6) is 0.402. The molecule has 2 heterocycles. The minimum atomic E-state index is -0.411. The largest absolute Gasteiger partial charge is 0.373 e. The van der Waals surface area contributed by atoms with E-state index in [1.54, 1.807) is 12.1 Å². The summed E-state index contributed by atoms with van der Waals surface area (Å²) in [6, 6.07) is 7.58. The topological polar surface area (TPSA) is 88.7 Å². The van der Waals surface area contributed by atoms with Crippen molar-refractivity contribution in [2.75, 3.05) is 6.54 Å². The van der Waals surface area contributed by atoms with Gasteiger partial charge < -0.3 is 21.1 Å². The number of hydrogen-bond donors (Lipinski definition) is 3. The smallest absolute Gasteiger partial charge is 0.248 e. The average molecular weight is 316 g/mol. The van der Waals surface area contributed by atoms with Crippen molar-refractivity contribution in [3.8, 4) is 0 Å². The molecule has 1 aromatic rings. The minimum absolute atomic E-state index is 0.318. The number of benzene rings is 1. The van der Waals surface area contributed by atoms with Gasteiger partial charge in [-0.3, -0.25) is 4.79 Å². The molecule has 4 N–H and O–H groups in total. The molecule has 23 heavy (non-hydrogen) atoms. The average Bonchev–Trinajstić information content (AvgIpc) is 3.16. The maximum Gasteiger partial charge on any atom is 0.248 e. The van der Waals surface area contributed by atoms with Gasteiger partial charge in [0.25, 0.3) is 0 Å². The van der Waals surface area contributed by atoms with E-state index in [1.807, 2.05) is 12.1 Å². The van der Waals surface area contributed by atoms with Gasteiger partial charge in [0, 0.05) is 12.1 Å². The molecule has 1 amide bonds. The van der Waals surface area contributed by atoms with E-state index in [1.165, 1.54) is 6.42 Å². The first-order chi connectivity index (χ1) is 11.2. The Labute approximate surface area is 136 Å². The molecule has 0 aromatic heterocycles. The number of hydrogen-bond acceptors (Lipinski definition) is 3. The lowest BCUT2D eigenvalue weighted by Crippen LogP contribution is -2.47. The first-order valence-electron chi connectivity index (χ1n) is 8.24. The predicted molar refractivity (Wildman–Crippen MR) is 89.2 cm³/mol. The van der Waals surface area contributed by atoms with Crippen LogP contribution in [-0.4, -0.2) is 36.7 Å². The number of nitrogens with zero attached hydrogens (tertiary/aromatic N) is 1. The maximum atomic E-state index is 11.1. The van der Waals surface area contributed by atoms with Gasteiger partial charge >= 0.3 is 0 Å². The van der Waals surface area contributed by atoms with Crippen LogP contribution in [0.3, 0.4) is 0 Å². The Morgan fingerprint density at radius 1 is 1.35 bits per heavy atom. The molecule has 0 saturated carbocycles. The number of amides is 1. The highest BCUT2D eigenvalue weighted by Gasteiger charge is 2.41. The molecule has 3 atom stereocenters. The summed E-state index contributed by atoms with van der Waals surface area (Å²) in [6.45, 7) is 3.42. The lowest BCUT2D eigenvalue weighted by molar-refractivity contribution is 0.0991. The number of nitrogens with two attached hydrogens (primary N) is 1. The van der Waals surface area contributed by atoms with Crippen LogP contribution >= 0.6 is 0 Å². The number of ether oxygens (including phenoxy) is 1. The van der Waals surface area contributed by atoms with E-state index in [0.29, 0.717) is 30.4 Å². The molecule has 6 heteroatoms. The van der Waals surface area contributed by atoms with Crippen LogP contribution in [0.4, 0.5) is 0 Å². The highest BCUT2D eigenvalue weighted by molar-refractivity contribution is 5.92. The van der Waals surface area contributed by atoms with E-state index >= 15 is 0 Å². The Morgan fingerprint density at radius 3 is 2.70 bits per heavy atom. The molecule has 1 aromatic carbocycles. The SMILES string of the molecule is CCNC(=NCc1ccc(C(N)=O)cc1)NC1CC2CCC1O2. The molecule has 6 nitrogen and oxygen atoms in total. The normalized spacial score (nSPS) is 26.3. The first kappa shape index (κ1) is 15.8. The van der Waals surface area contributed by atoms with Crippen LogP contribution in [0.15, 0.2) is 29.3 Å². The molecule has 3 rings (SSSR count). The standard InChI is InChI=1S/C17H24N4O2/c1-2-19-17(21-14-9-13-7-8-15(14)23-13)20-10-11-3-5-12(6-4-11)16(18)22/h3-6,13-15H,2,7-10H2,1H3,(H2,18,22)(H2,19,20,21). The third-order valence-corrected chi connectivity index (χ3v) is 4.43. The van der Waals surface area contributed by atoms with Crippen LogP contribution in [0, 0.1) is 0 Å². The number of primary amides is 1. The molecule has 2 fully saturated rings. The summed E-state index contributed by atoms with van der Waals surface area (Å²) in [6.07, 6.45) is 4.11. The second-order valence-corrected chi connectivity index (χ2v) is 6.12. The van der Waals surface area contributed by atoms with Crippen LogP contribution in [0.2, 0.25) is 0 Å². The van der Waals surface area contributed by atoms with E-state index in [4.69, 9.17) is 10.5 Å². The molecule has 0 radical (unpaired) electrons. The fourth-order valence-corrected chi connectivity index (χ4v) is 3.23. The number of aliphatic imine (C=N–C) groups is 1. The fraction of sp³-hybridized carbons (Fsp3) is 0.529. The van der Waals surface area contributed by atoms with Crippen molar-refractivity contribution < 1.29 is 9.53 Å². The number of rotatable bonds is 5. The first-order valence-corrected chi connectivity index (χ1v) is 8.24. The van der Waals surface area contributed by atoms with Crippen LogP contribution in [-0.2, 0) is 11.3 Å². The molecule has 0 aliphatic carbocycles. The second-order valence-electron chi connectivity index (χ2n) is 6.12. The van der Waals surface area contributed by atoms with Gasteiger partial charge in [0.2, 0.25) is 5.91 Å². The van der Waals surface area contributed by atoms with Crippen molar-refractivity contribution in [2.45, 2.75) is 51.0 Å². The molecule has 124 valence electrons. The van der Waals surface area contributed by atoms with Gasteiger partial charge in [0.1, 0.15) is 0 Å². The Hall–Kier alpha value is -2.08. The third kappa shape index (κ3) is 3.82. The summed E-state index contributed by atoms with van der Waals surface area (Å²) in [4.78, 5) is 15.7. The third-order valence-electron chi connectivity index (χ3n) is 4.43. The van der Waals surface area contributed by atoms with E-state index in [2.05, 4.69) is 22.5 Å². The van der Waals surface area contributed by atoms with E-state index < -0.39 is 5.91 Å². The molecular weight excluding hydrogens is 292 g/mol.